The van der Waals surface area contributed by atoms with Gasteiger partial charge >= 0.3 is 0 Å². The summed E-state index contributed by atoms with van der Waals surface area (Å²) in [4.78, 5) is 13.6. The van der Waals surface area contributed by atoms with Crippen molar-refractivity contribution in [2.45, 2.75) is 0 Å². The molecule has 0 unspecified atom stereocenters. The third-order valence-corrected chi connectivity index (χ3v) is 3.63. The number of ether oxygens (including phenoxy) is 1. The van der Waals surface area contributed by atoms with Crippen molar-refractivity contribution in [1.29, 1.82) is 0 Å². The minimum absolute atomic E-state index is 0. The molecule has 1 amide bonds. The zero-order valence-electron chi connectivity index (χ0n) is 12.6. The smallest absolute Gasteiger partial charge is 0.260 e. The van der Waals surface area contributed by atoms with E-state index in [0.717, 1.165) is 17.3 Å². The molecule has 0 aromatic heterocycles. The van der Waals surface area contributed by atoms with Crippen LogP contribution in [0.4, 0.5) is 0 Å². The minimum Gasteiger partial charge on any atom is -0.483 e. The largest absolute Gasteiger partial charge is 0.483 e. The molecule has 6 heteroatoms. The number of amides is 1. The van der Waals surface area contributed by atoms with Crippen molar-refractivity contribution in [3.8, 4) is 5.75 Å². The van der Waals surface area contributed by atoms with Gasteiger partial charge in [-0.05, 0) is 19.2 Å². The van der Waals surface area contributed by atoms with Crippen LogP contribution in [-0.4, -0.2) is 44.6 Å². The van der Waals surface area contributed by atoms with Crippen LogP contribution in [-0.2, 0) is 4.79 Å². The predicted molar refractivity (Wildman–Crippen MR) is 93.3 cm³/mol. The van der Waals surface area contributed by atoms with Crippen molar-refractivity contribution in [2.75, 3.05) is 33.8 Å². The Kier molecular flexibility index (Phi) is 7.45. The standard InChI is InChI=1S/C16H19ClN2O2.ClH/c1-18-9-10-19(2)16(20)11-21-15-8-7-14(17)12-5-3-4-6-13(12)15;/h3-8,18H,9-11H2,1-2H3;1H. The molecular formula is C16H20Cl2N2O2. The molecule has 0 saturated carbocycles. The Bertz CT molecular complexity index is 635. The Labute approximate surface area is 141 Å². The Balaban J connectivity index is 0.00000242. The Morgan fingerprint density at radius 1 is 1.23 bits per heavy atom. The summed E-state index contributed by atoms with van der Waals surface area (Å²) in [5.41, 5.74) is 0. The van der Waals surface area contributed by atoms with Gasteiger partial charge in [-0.3, -0.25) is 4.79 Å². The molecule has 1 N–H and O–H groups in total. The van der Waals surface area contributed by atoms with Crippen molar-refractivity contribution in [3.63, 3.8) is 0 Å². The van der Waals surface area contributed by atoms with Crippen molar-refractivity contribution >= 4 is 40.7 Å². The first-order chi connectivity index (χ1) is 10.1. The van der Waals surface area contributed by atoms with Gasteiger partial charge < -0.3 is 15.0 Å². The SMILES string of the molecule is CNCCN(C)C(=O)COc1ccc(Cl)c2ccccc12.Cl. The number of fused-ring (bicyclic) bond motifs is 1. The van der Waals surface area contributed by atoms with E-state index in [-0.39, 0.29) is 24.9 Å². The summed E-state index contributed by atoms with van der Waals surface area (Å²) in [7, 11) is 3.62. The van der Waals surface area contributed by atoms with Crippen LogP contribution in [0.2, 0.25) is 5.02 Å². The second-order valence-corrected chi connectivity index (χ2v) is 5.21. The first-order valence-corrected chi connectivity index (χ1v) is 7.20. The molecule has 0 saturated heterocycles. The highest BCUT2D eigenvalue weighted by Gasteiger charge is 2.11. The number of rotatable bonds is 6. The summed E-state index contributed by atoms with van der Waals surface area (Å²) in [5.74, 6) is 0.620. The molecule has 2 aromatic rings. The van der Waals surface area contributed by atoms with Gasteiger partial charge in [-0.1, -0.05) is 35.9 Å². The maximum absolute atomic E-state index is 12.0. The zero-order valence-corrected chi connectivity index (χ0v) is 14.2. The summed E-state index contributed by atoms with van der Waals surface area (Å²) in [6.07, 6.45) is 0. The fourth-order valence-electron chi connectivity index (χ4n) is 2.01. The third kappa shape index (κ3) is 4.50. The van der Waals surface area contributed by atoms with Gasteiger partial charge in [-0.15, -0.1) is 12.4 Å². The van der Waals surface area contributed by atoms with E-state index in [9.17, 15) is 4.79 Å². The molecule has 0 aliphatic rings. The quantitative estimate of drug-likeness (QED) is 0.877. The minimum atomic E-state index is -0.0516. The number of benzene rings is 2. The van der Waals surface area contributed by atoms with Crippen LogP contribution >= 0.6 is 24.0 Å². The average Bonchev–Trinajstić information content (AvgIpc) is 2.52. The molecule has 0 heterocycles. The van der Waals surface area contributed by atoms with E-state index in [0.29, 0.717) is 17.3 Å². The number of hydrogen-bond acceptors (Lipinski definition) is 3. The zero-order chi connectivity index (χ0) is 15.2. The highest BCUT2D eigenvalue weighted by Crippen LogP contribution is 2.31. The van der Waals surface area contributed by atoms with E-state index in [1.165, 1.54) is 0 Å². The Morgan fingerprint density at radius 3 is 2.59 bits per heavy atom. The van der Waals surface area contributed by atoms with Gasteiger partial charge in [-0.2, -0.15) is 0 Å². The lowest BCUT2D eigenvalue weighted by Gasteiger charge is -2.17. The molecule has 0 atom stereocenters. The van der Waals surface area contributed by atoms with Gasteiger partial charge in [0.25, 0.3) is 5.91 Å². The third-order valence-electron chi connectivity index (χ3n) is 3.30. The lowest BCUT2D eigenvalue weighted by Crippen LogP contribution is -2.35. The molecule has 120 valence electrons. The van der Waals surface area contributed by atoms with Gasteiger partial charge in [-0.25, -0.2) is 0 Å². The Hall–Kier alpha value is -1.49. The van der Waals surface area contributed by atoms with Gasteiger partial charge in [0, 0.05) is 35.9 Å². The number of halogens is 2. The molecule has 2 aromatic carbocycles. The molecule has 0 fully saturated rings. The van der Waals surface area contributed by atoms with Crippen LogP contribution < -0.4 is 10.1 Å². The number of carbonyl (C=O) groups is 1. The molecular weight excluding hydrogens is 323 g/mol. The maximum atomic E-state index is 12.0. The van der Waals surface area contributed by atoms with Crippen LogP contribution in [0.1, 0.15) is 0 Å². The van der Waals surface area contributed by atoms with Crippen molar-refractivity contribution in [2.24, 2.45) is 0 Å². The second kappa shape index (κ2) is 8.83. The second-order valence-electron chi connectivity index (χ2n) is 4.80. The fourth-order valence-corrected chi connectivity index (χ4v) is 2.24. The maximum Gasteiger partial charge on any atom is 0.260 e. The number of nitrogens with one attached hydrogen (secondary N) is 1. The summed E-state index contributed by atoms with van der Waals surface area (Å²) < 4.78 is 5.67. The summed E-state index contributed by atoms with van der Waals surface area (Å²) >= 11 is 6.16. The fraction of sp³-hybridized carbons (Fsp3) is 0.312. The first-order valence-electron chi connectivity index (χ1n) is 6.82. The number of likely N-dealkylation sites (N-methyl/N-ethyl adjacent to an activating group) is 2. The van der Waals surface area contributed by atoms with Crippen LogP contribution in [0.25, 0.3) is 10.8 Å². The van der Waals surface area contributed by atoms with Gasteiger partial charge in [0.15, 0.2) is 6.61 Å². The molecule has 0 aliphatic carbocycles. The van der Waals surface area contributed by atoms with Crippen molar-refractivity contribution < 1.29 is 9.53 Å². The molecule has 0 radical (unpaired) electrons. The predicted octanol–water partition coefficient (Wildman–Crippen LogP) is 2.97. The van der Waals surface area contributed by atoms with Gasteiger partial charge in [0.05, 0.1) is 0 Å². The first kappa shape index (κ1) is 18.6. The molecule has 0 aliphatic heterocycles. The van der Waals surface area contributed by atoms with E-state index in [4.69, 9.17) is 16.3 Å². The van der Waals surface area contributed by atoms with E-state index in [2.05, 4.69) is 5.32 Å². The summed E-state index contributed by atoms with van der Waals surface area (Å²) in [5, 5.41) is 5.52. The molecule has 22 heavy (non-hydrogen) atoms. The highest BCUT2D eigenvalue weighted by molar-refractivity contribution is 6.35. The van der Waals surface area contributed by atoms with Gasteiger partial charge in [0.2, 0.25) is 0 Å². The van der Waals surface area contributed by atoms with Gasteiger partial charge in [0.1, 0.15) is 5.75 Å². The normalized spacial score (nSPS) is 10.1. The molecule has 0 spiro atoms. The van der Waals surface area contributed by atoms with Crippen molar-refractivity contribution in [3.05, 3.63) is 41.4 Å². The number of carbonyl (C=O) groups excluding carboxylic acids is 1. The van der Waals surface area contributed by atoms with Crippen LogP contribution in [0, 0.1) is 0 Å². The van der Waals surface area contributed by atoms with Crippen LogP contribution in [0.3, 0.4) is 0 Å². The van der Waals surface area contributed by atoms with E-state index >= 15 is 0 Å². The lowest BCUT2D eigenvalue weighted by atomic mass is 10.1. The monoisotopic (exact) mass is 342 g/mol. The van der Waals surface area contributed by atoms with Crippen molar-refractivity contribution in [1.82, 2.24) is 10.2 Å². The van der Waals surface area contributed by atoms with Crippen LogP contribution in [0.15, 0.2) is 36.4 Å². The molecule has 2 rings (SSSR count). The van der Waals surface area contributed by atoms with E-state index in [1.807, 2.05) is 31.3 Å². The highest BCUT2D eigenvalue weighted by atomic mass is 35.5. The summed E-state index contributed by atoms with van der Waals surface area (Å²) in [6, 6.07) is 11.3. The van der Waals surface area contributed by atoms with Crippen LogP contribution in [0.5, 0.6) is 5.75 Å². The molecule has 4 nitrogen and oxygen atoms in total. The van der Waals surface area contributed by atoms with E-state index in [1.54, 1.807) is 24.1 Å². The lowest BCUT2D eigenvalue weighted by molar-refractivity contribution is -0.131. The number of nitrogens with zero attached hydrogens (tertiary/aromatic N) is 1. The molecule has 0 bridgehead atoms. The summed E-state index contributed by atoms with van der Waals surface area (Å²) in [6.45, 7) is 1.43. The topological polar surface area (TPSA) is 41.6 Å². The van der Waals surface area contributed by atoms with E-state index < -0.39 is 0 Å². The number of hydrogen-bond donors (Lipinski definition) is 1. The Morgan fingerprint density at radius 2 is 1.91 bits per heavy atom. The average molecular weight is 343 g/mol.